The number of carbonyl (C=O) groups excluding carboxylic acids is 1. The number of ether oxygens (including phenoxy) is 1. The van der Waals surface area contributed by atoms with E-state index in [1.165, 1.54) is 11.3 Å². The molecular weight excluding hydrogens is 524 g/mol. The van der Waals surface area contributed by atoms with Gasteiger partial charge in [-0.2, -0.15) is 0 Å². The largest absolute Gasteiger partial charge is 0.457 e. The van der Waals surface area contributed by atoms with E-state index in [-0.39, 0.29) is 11.9 Å². The van der Waals surface area contributed by atoms with E-state index >= 15 is 0 Å². The van der Waals surface area contributed by atoms with Crippen molar-refractivity contribution >= 4 is 33.5 Å². The number of fused-ring (bicyclic) bond motifs is 3. The van der Waals surface area contributed by atoms with Crippen molar-refractivity contribution in [3.8, 4) is 11.5 Å². The number of hydrogen-bond donors (Lipinski definition) is 1. The number of amides is 1. The molecule has 214 valence electrons. The van der Waals surface area contributed by atoms with Gasteiger partial charge in [0.05, 0.1) is 29.1 Å². The van der Waals surface area contributed by atoms with Gasteiger partial charge in [-0.25, -0.2) is 4.98 Å². The highest BCUT2D eigenvalue weighted by atomic mass is 16.5. The summed E-state index contributed by atoms with van der Waals surface area (Å²) >= 11 is 0. The molecule has 0 spiro atoms. The number of nitrogens with one attached hydrogen (secondary N) is 1. The van der Waals surface area contributed by atoms with Gasteiger partial charge in [0.25, 0.3) is 0 Å². The summed E-state index contributed by atoms with van der Waals surface area (Å²) in [6, 6.07) is 18.6. The molecule has 1 atom stereocenters. The number of anilines is 1. The Hall–Kier alpha value is -4.43. The molecule has 5 heterocycles. The van der Waals surface area contributed by atoms with Crippen molar-refractivity contribution < 1.29 is 9.53 Å². The highest BCUT2D eigenvalue weighted by Crippen LogP contribution is 2.36. The standard InChI is InChI=1S/C34H36N6O2/c1-22-17-29-31(9-11-35-34(29)37-22)42-27-8-7-25-10-12-40(23(2)28(25)20-27)32(41)19-24-18-26-5-4-6-30(33(26)36-21-24)39-15-13-38(3)14-16-39/h4-9,11,17-18,20-21,23H,10,12-16,19H2,1-3H3,(H,35,37)/t23-/m0/s1. The van der Waals surface area contributed by atoms with Crippen molar-refractivity contribution in [3.63, 3.8) is 0 Å². The smallest absolute Gasteiger partial charge is 0.227 e. The zero-order chi connectivity index (χ0) is 28.8. The SMILES string of the molecule is Cc1cc2c(Oc3ccc4c(c3)[C@H](C)N(C(=O)Cc3cnc5c(N6CCN(C)CC6)cccc5c3)CC4)ccnc2[nH]1. The fourth-order valence-electron chi connectivity index (χ4n) is 6.41. The van der Waals surface area contributed by atoms with Crippen molar-refractivity contribution in [2.45, 2.75) is 32.7 Å². The first-order chi connectivity index (χ1) is 20.4. The highest BCUT2D eigenvalue weighted by molar-refractivity contribution is 5.92. The fraction of sp³-hybridized carbons (Fsp3) is 0.324. The molecule has 1 N–H and O–H groups in total. The van der Waals surface area contributed by atoms with Crippen LogP contribution in [0.25, 0.3) is 21.9 Å². The van der Waals surface area contributed by atoms with Gasteiger partial charge < -0.3 is 24.4 Å². The molecule has 1 amide bonds. The van der Waals surface area contributed by atoms with Crippen LogP contribution in [0.3, 0.4) is 0 Å². The number of aromatic amines is 1. The molecular formula is C34H36N6O2. The van der Waals surface area contributed by atoms with Crippen LogP contribution in [0.15, 0.2) is 67.0 Å². The van der Waals surface area contributed by atoms with Crippen molar-refractivity contribution in [2.75, 3.05) is 44.7 Å². The average molecular weight is 561 g/mol. The quantitative estimate of drug-likeness (QED) is 0.299. The topological polar surface area (TPSA) is 77.6 Å². The van der Waals surface area contributed by atoms with Crippen LogP contribution in [0.2, 0.25) is 0 Å². The molecule has 7 rings (SSSR count). The molecule has 2 aliphatic rings. The molecule has 0 unspecified atom stereocenters. The van der Waals surface area contributed by atoms with Crippen LogP contribution in [0, 0.1) is 6.92 Å². The molecule has 42 heavy (non-hydrogen) atoms. The van der Waals surface area contributed by atoms with E-state index in [4.69, 9.17) is 9.72 Å². The fourth-order valence-corrected chi connectivity index (χ4v) is 6.41. The Labute approximate surface area is 245 Å². The normalized spacial score (nSPS) is 17.5. The third-order valence-corrected chi connectivity index (χ3v) is 8.78. The number of pyridine rings is 2. The molecule has 1 fully saturated rings. The van der Waals surface area contributed by atoms with Crippen LogP contribution in [0.1, 0.15) is 35.3 Å². The third-order valence-electron chi connectivity index (χ3n) is 8.78. The van der Waals surface area contributed by atoms with E-state index < -0.39 is 0 Å². The van der Waals surface area contributed by atoms with Crippen molar-refractivity contribution in [1.29, 1.82) is 0 Å². The minimum atomic E-state index is -0.0472. The van der Waals surface area contributed by atoms with E-state index in [0.717, 1.165) is 82.9 Å². The van der Waals surface area contributed by atoms with Gasteiger partial charge in [0.1, 0.15) is 17.1 Å². The van der Waals surface area contributed by atoms with Crippen molar-refractivity contribution in [2.24, 2.45) is 0 Å². The zero-order valence-corrected chi connectivity index (χ0v) is 24.4. The van der Waals surface area contributed by atoms with Crippen molar-refractivity contribution in [3.05, 3.63) is 89.4 Å². The van der Waals surface area contributed by atoms with Gasteiger partial charge in [-0.3, -0.25) is 9.78 Å². The summed E-state index contributed by atoms with van der Waals surface area (Å²) in [5, 5.41) is 2.04. The molecule has 0 bridgehead atoms. The summed E-state index contributed by atoms with van der Waals surface area (Å²) in [5.41, 5.74) is 7.38. The van der Waals surface area contributed by atoms with Crippen LogP contribution < -0.4 is 9.64 Å². The Morgan fingerprint density at radius 1 is 1.02 bits per heavy atom. The first kappa shape index (κ1) is 26.5. The number of benzene rings is 2. The number of likely N-dealkylation sites (N-methyl/N-ethyl adjacent to an activating group) is 1. The second kappa shape index (κ2) is 10.8. The molecule has 0 saturated carbocycles. The lowest BCUT2D eigenvalue weighted by atomic mass is 9.92. The Morgan fingerprint density at radius 3 is 2.74 bits per heavy atom. The molecule has 8 nitrogen and oxygen atoms in total. The maximum Gasteiger partial charge on any atom is 0.227 e. The average Bonchev–Trinajstić information content (AvgIpc) is 3.39. The second-order valence-electron chi connectivity index (χ2n) is 11.7. The molecule has 3 aromatic heterocycles. The summed E-state index contributed by atoms with van der Waals surface area (Å²) in [6.07, 6.45) is 4.79. The highest BCUT2D eigenvalue weighted by Gasteiger charge is 2.28. The number of H-pyrrole nitrogens is 1. The van der Waals surface area contributed by atoms with Crippen LogP contribution in [-0.4, -0.2) is 70.4 Å². The number of rotatable bonds is 5. The minimum Gasteiger partial charge on any atom is -0.457 e. The molecule has 5 aromatic rings. The van der Waals surface area contributed by atoms with E-state index in [1.807, 2.05) is 36.2 Å². The summed E-state index contributed by atoms with van der Waals surface area (Å²) in [6.45, 7) is 8.92. The predicted molar refractivity (Wildman–Crippen MR) is 166 cm³/mol. The van der Waals surface area contributed by atoms with Gasteiger partial charge in [0, 0.05) is 56.2 Å². The number of piperazine rings is 1. The lowest BCUT2D eigenvalue weighted by Crippen LogP contribution is -2.44. The summed E-state index contributed by atoms with van der Waals surface area (Å²) in [4.78, 5) is 32.9. The zero-order valence-electron chi connectivity index (χ0n) is 24.4. The predicted octanol–water partition coefficient (Wildman–Crippen LogP) is 5.65. The minimum absolute atomic E-state index is 0.0472. The maximum atomic E-state index is 13.6. The van der Waals surface area contributed by atoms with Gasteiger partial charge in [-0.05, 0) is 80.4 Å². The molecule has 1 saturated heterocycles. The molecule has 0 aliphatic carbocycles. The van der Waals surface area contributed by atoms with Crippen LogP contribution >= 0.6 is 0 Å². The first-order valence-corrected chi connectivity index (χ1v) is 14.8. The monoisotopic (exact) mass is 560 g/mol. The Bertz CT molecular complexity index is 1790. The molecule has 0 radical (unpaired) electrons. The van der Waals surface area contributed by atoms with Gasteiger partial charge in [0.2, 0.25) is 5.91 Å². The lowest BCUT2D eigenvalue weighted by molar-refractivity contribution is -0.133. The van der Waals surface area contributed by atoms with Crippen LogP contribution in [0.5, 0.6) is 11.5 Å². The van der Waals surface area contributed by atoms with E-state index in [2.05, 4.69) is 70.1 Å². The first-order valence-electron chi connectivity index (χ1n) is 14.8. The number of aromatic nitrogens is 3. The molecule has 2 aliphatic heterocycles. The van der Waals surface area contributed by atoms with Gasteiger partial charge >= 0.3 is 0 Å². The maximum absolute atomic E-state index is 13.6. The molecule has 8 heteroatoms. The van der Waals surface area contributed by atoms with E-state index in [1.54, 1.807) is 6.20 Å². The molecule has 2 aromatic carbocycles. The summed E-state index contributed by atoms with van der Waals surface area (Å²) in [7, 11) is 2.17. The van der Waals surface area contributed by atoms with Gasteiger partial charge in [-0.1, -0.05) is 18.2 Å². The Kier molecular flexibility index (Phi) is 6.78. The number of carbonyl (C=O) groups is 1. The van der Waals surface area contributed by atoms with Crippen LogP contribution in [-0.2, 0) is 17.6 Å². The van der Waals surface area contributed by atoms with Gasteiger partial charge in [0.15, 0.2) is 0 Å². The number of hydrogen-bond acceptors (Lipinski definition) is 6. The third kappa shape index (κ3) is 4.96. The number of para-hydroxylation sites is 1. The van der Waals surface area contributed by atoms with E-state index in [9.17, 15) is 4.79 Å². The summed E-state index contributed by atoms with van der Waals surface area (Å²) < 4.78 is 6.33. The van der Waals surface area contributed by atoms with E-state index in [0.29, 0.717) is 13.0 Å². The van der Waals surface area contributed by atoms with Crippen LogP contribution in [0.4, 0.5) is 5.69 Å². The Balaban J connectivity index is 1.08. The van der Waals surface area contributed by atoms with Gasteiger partial charge in [-0.15, -0.1) is 0 Å². The number of aryl methyl sites for hydroxylation is 1. The summed E-state index contributed by atoms with van der Waals surface area (Å²) in [5.74, 6) is 1.64. The Morgan fingerprint density at radius 2 is 1.88 bits per heavy atom. The lowest BCUT2D eigenvalue weighted by Gasteiger charge is -2.35. The second-order valence-corrected chi connectivity index (χ2v) is 11.7. The van der Waals surface area contributed by atoms with Crippen molar-refractivity contribution in [1.82, 2.24) is 24.8 Å². The number of nitrogens with zero attached hydrogens (tertiary/aromatic N) is 5.